The highest BCUT2D eigenvalue weighted by molar-refractivity contribution is 5.97. The first-order chi connectivity index (χ1) is 16.5. The van der Waals surface area contributed by atoms with E-state index in [9.17, 15) is 19.7 Å². The van der Waals surface area contributed by atoms with Gasteiger partial charge in [0.05, 0.1) is 17.5 Å². The van der Waals surface area contributed by atoms with Crippen molar-refractivity contribution in [2.45, 2.75) is 37.8 Å². The molecule has 3 heterocycles. The first-order valence-electron chi connectivity index (χ1n) is 11.5. The van der Waals surface area contributed by atoms with Crippen LogP contribution in [-0.4, -0.2) is 62.4 Å². The van der Waals surface area contributed by atoms with Crippen molar-refractivity contribution < 1.29 is 19.6 Å². The maximum Gasteiger partial charge on any atom is 0.269 e. The molecule has 2 atom stereocenters. The summed E-state index contributed by atoms with van der Waals surface area (Å²) in [7, 11) is 0. The molecule has 0 spiro atoms. The summed E-state index contributed by atoms with van der Waals surface area (Å²) < 4.78 is 0. The smallest absolute Gasteiger partial charge is 0.269 e. The fourth-order valence-electron chi connectivity index (χ4n) is 5.26. The van der Waals surface area contributed by atoms with Crippen molar-refractivity contribution in [3.05, 3.63) is 75.5 Å². The molecule has 0 aliphatic carbocycles. The first kappa shape index (κ1) is 22.1. The second-order valence-corrected chi connectivity index (χ2v) is 8.88. The van der Waals surface area contributed by atoms with Gasteiger partial charge in [0.25, 0.3) is 5.69 Å². The third kappa shape index (κ3) is 3.71. The largest absolute Gasteiger partial charge is 0.396 e. The zero-order chi connectivity index (χ0) is 23.8. The van der Waals surface area contributed by atoms with E-state index < -0.39 is 17.0 Å². The van der Waals surface area contributed by atoms with Gasteiger partial charge in [0, 0.05) is 48.3 Å². The van der Waals surface area contributed by atoms with Crippen molar-refractivity contribution in [3.63, 3.8) is 0 Å². The summed E-state index contributed by atoms with van der Waals surface area (Å²) in [5, 5.41) is 21.5. The van der Waals surface area contributed by atoms with Gasteiger partial charge >= 0.3 is 0 Å². The average Bonchev–Trinajstić information content (AvgIpc) is 3.22. The van der Waals surface area contributed by atoms with Gasteiger partial charge in [-0.25, -0.2) is 0 Å². The Kier molecular flexibility index (Phi) is 5.79. The molecular formula is C25H26N4O5. The SMILES string of the molecule is O=C1[C@H]2Cc3c([nH]c4ccccc34)[C@@H](c3cccc([N+](=O)[O-])c3)N2C(=O)CN1CCCCCO. The minimum atomic E-state index is -0.671. The molecule has 0 saturated carbocycles. The van der Waals surface area contributed by atoms with E-state index in [2.05, 4.69) is 4.98 Å². The molecule has 3 aromatic rings. The number of aromatic amines is 1. The Morgan fingerprint density at radius 1 is 1.09 bits per heavy atom. The molecule has 1 saturated heterocycles. The number of non-ortho nitro benzene ring substituents is 1. The number of unbranched alkanes of at least 4 members (excludes halogenated alkanes) is 2. The van der Waals surface area contributed by atoms with Crippen LogP contribution in [0.4, 0.5) is 5.69 Å². The lowest BCUT2D eigenvalue weighted by Crippen LogP contribution is -2.63. The van der Waals surface area contributed by atoms with Crippen LogP contribution in [0.25, 0.3) is 10.9 Å². The van der Waals surface area contributed by atoms with Crippen molar-refractivity contribution in [1.29, 1.82) is 0 Å². The Balaban J connectivity index is 1.59. The van der Waals surface area contributed by atoms with Gasteiger partial charge in [-0.15, -0.1) is 0 Å². The van der Waals surface area contributed by atoms with E-state index in [1.54, 1.807) is 21.9 Å². The predicted molar refractivity (Wildman–Crippen MR) is 125 cm³/mol. The third-order valence-electron chi connectivity index (χ3n) is 6.83. The molecule has 1 fully saturated rings. The second kappa shape index (κ2) is 8.90. The number of hydrogen-bond donors (Lipinski definition) is 2. The van der Waals surface area contributed by atoms with Crippen LogP contribution in [0.5, 0.6) is 0 Å². The Hall–Kier alpha value is -3.72. The van der Waals surface area contributed by atoms with Gasteiger partial charge < -0.3 is 19.9 Å². The lowest BCUT2D eigenvalue weighted by atomic mass is 9.86. The summed E-state index contributed by atoms with van der Waals surface area (Å²) in [6.45, 7) is 0.560. The molecular weight excluding hydrogens is 436 g/mol. The molecule has 1 aromatic heterocycles. The maximum absolute atomic E-state index is 13.6. The maximum atomic E-state index is 13.6. The minimum Gasteiger partial charge on any atom is -0.396 e. The van der Waals surface area contributed by atoms with E-state index in [1.165, 1.54) is 12.1 Å². The number of amides is 2. The Morgan fingerprint density at radius 3 is 2.71 bits per heavy atom. The molecule has 2 aromatic carbocycles. The quantitative estimate of drug-likeness (QED) is 0.318. The predicted octanol–water partition coefficient (Wildman–Crippen LogP) is 2.92. The lowest BCUT2D eigenvalue weighted by Gasteiger charge is -2.47. The number of carbonyl (C=O) groups is 2. The van der Waals surface area contributed by atoms with E-state index in [0.29, 0.717) is 24.9 Å². The number of piperazine rings is 1. The molecule has 0 bridgehead atoms. The number of nitrogens with zero attached hydrogens (tertiary/aromatic N) is 3. The number of aromatic nitrogens is 1. The summed E-state index contributed by atoms with van der Waals surface area (Å²) in [5.41, 5.74) is 3.22. The summed E-state index contributed by atoms with van der Waals surface area (Å²) >= 11 is 0. The number of para-hydroxylation sites is 1. The molecule has 2 aliphatic heterocycles. The molecule has 2 N–H and O–H groups in total. The van der Waals surface area contributed by atoms with E-state index in [1.807, 2.05) is 24.3 Å². The Bertz CT molecular complexity index is 1270. The fraction of sp³-hybridized carbons (Fsp3) is 0.360. The van der Waals surface area contributed by atoms with Gasteiger partial charge in [0.1, 0.15) is 6.04 Å². The molecule has 9 heteroatoms. The number of aliphatic hydroxyl groups excluding tert-OH is 1. The average molecular weight is 463 g/mol. The van der Waals surface area contributed by atoms with E-state index in [4.69, 9.17) is 5.11 Å². The third-order valence-corrected chi connectivity index (χ3v) is 6.83. The molecule has 176 valence electrons. The van der Waals surface area contributed by atoms with E-state index in [-0.39, 0.29) is 30.7 Å². The zero-order valence-corrected chi connectivity index (χ0v) is 18.6. The van der Waals surface area contributed by atoms with Gasteiger partial charge in [-0.3, -0.25) is 19.7 Å². The molecule has 5 rings (SSSR count). The molecule has 0 radical (unpaired) electrons. The normalized spacial score (nSPS) is 19.9. The Labute approximate surface area is 196 Å². The number of nitro benzene ring substituents is 1. The van der Waals surface area contributed by atoms with Crippen molar-refractivity contribution in [3.8, 4) is 0 Å². The van der Waals surface area contributed by atoms with Crippen LogP contribution in [0.1, 0.15) is 42.1 Å². The van der Waals surface area contributed by atoms with Gasteiger partial charge in [-0.05, 0) is 36.5 Å². The number of hydrogen-bond acceptors (Lipinski definition) is 5. The molecule has 2 aliphatic rings. The van der Waals surface area contributed by atoms with Crippen LogP contribution in [0, 0.1) is 10.1 Å². The number of benzene rings is 2. The topological polar surface area (TPSA) is 120 Å². The molecule has 2 amide bonds. The standard InChI is InChI=1S/C25H26N4O5/c30-12-5-1-4-11-27-15-22(31)28-21(25(27)32)14-19-18-9-2-3-10-20(18)26-23(19)24(28)16-7-6-8-17(13-16)29(33)34/h2-3,6-10,13,21,24,26,30H,1,4-5,11-12,14-15H2/t21-,24-/m1/s1. The van der Waals surface area contributed by atoms with E-state index >= 15 is 0 Å². The van der Waals surface area contributed by atoms with Crippen LogP contribution in [-0.2, 0) is 16.0 Å². The number of nitrogens with one attached hydrogen (secondary N) is 1. The van der Waals surface area contributed by atoms with Crippen LogP contribution in [0.2, 0.25) is 0 Å². The van der Waals surface area contributed by atoms with Crippen molar-refractivity contribution >= 4 is 28.4 Å². The number of fused-ring (bicyclic) bond motifs is 4. The van der Waals surface area contributed by atoms with Gasteiger partial charge in [-0.2, -0.15) is 0 Å². The first-order valence-corrected chi connectivity index (χ1v) is 11.5. The van der Waals surface area contributed by atoms with Crippen molar-refractivity contribution in [2.24, 2.45) is 0 Å². The summed E-state index contributed by atoms with van der Waals surface area (Å²) in [6.07, 6.45) is 2.56. The van der Waals surface area contributed by atoms with Gasteiger partial charge in [-0.1, -0.05) is 30.3 Å². The van der Waals surface area contributed by atoms with Crippen LogP contribution >= 0.6 is 0 Å². The van der Waals surface area contributed by atoms with E-state index in [0.717, 1.165) is 35.0 Å². The summed E-state index contributed by atoms with van der Waals surface area (Å²) in [4.78, 5) is 44.7. The van der Waals surface area contributed by atoms with Crippen LogP contribution < -0.4 is 0 Å². The van der Waals surface area contributed by atoms with Gasteiger partial charge in [0.2, 0.25) is 11.8 Å². The number of rotatable bonds is 7. The number of aliphatic hydroxyl groups is 1. The molecule has 0 unspecified atom stereocenters. The highest BCUT2D eigenvalue weighted by atomic mass is 16.6. The van der Waals surface area contributed by atoms with Crippen molar-refractivity contribution in [1.82, 2.24) is 14.8 Å². The number of carbonyl (C=O) groups excluding carboxylic acids is 2. The van der Waals surface area contributed by atoms with Crippen LogP contribution in [0.15, 0.2) is 48.5 Å². The molecule has 9 nitrogen and oxygen atoms in total. The Morgan fingerprint density at radius 2 is 1.91 bits per heavy atom. The number of H-pyrrole nitrogens is 1. The number of nitro groups is 1. The second-order valence-electron chi connectivity index (χ2n) is 8.88. The monoisotopic (exact) mass is 462 g/mol. The molecule has 34 heavy (non-hydrogen) atoms. The van der Waals surface area contributed by atoms with Gasteiger partial charge in [0.15, 0.2) is 0 Å². The summed E-state index contributed by atoms with van der Waals surface area (Å²) in [6, 6.07) is 12.8. The lowest BCUT2D eigenvalue weighted by molar-refractivity contribution is -0.384. The highest BCUT2D eigenvalue weighted by Crippen LogP contribution is 2.43. The summed E-state index contributed by atoms with van der Waals surface area (Å²) in [5.74, 6) is -0.275. The highest BCUT2D eigenvalue weighted by Gasteiger charge is 2.48. The van der Waals surface area contributed by atoms with Crippen molar-refractivity contribution in [2.75, 3.05) is 19.7 Å². The van der Waals surface area contributed by atoms with Crippen LogP contribution in [0.3, 0.4) is 0 Å². The zero-order valence-electron chi connectivity index (χ0n) is 18.6. The fourth-order valence-corrected chi connectivity index (χ4v) is 5.26. The minimum absolute atomic E-state index is 0.0184.